The predicted molar refractivity (Wildman–Crippen MR) is 95.7 cm³/mol. The molecule has 0 radical (unpaired) electrons. The van der Waals surface area contributed by atoms with E-state index in [1.54, 1.807) is 29.2 Å². The number of aromatic nitrogens is 1. The molecule has 0 bridgehead atoms. The van der Waals surface area contributed by atoms with Crippen molar-refractivity contribution in [3.05, 3.63) is 64.8 Å². The zero-order valence-corrected chi connectivity index (χ0v) is 14.0. The minimum atomic E-state index is -0.449. The quantitative estimate of drug-likeness (QED) is 0.679. The first kappa shape index (κ1) is 14.5. The second-order valence-corrected chi connectivity index (χ2v) is 6.84. The van der Waals surface area contributed by atoms with Crippen molar-refractivity contribution >= 4 is 40.1 Å². The lowest BCUT2D eigenvalue weighted by Gasteiger charge is -2.26. The number of hydrogen-bond donors (Lipinski definition) is 1. The van der Waals surface area contributed by atoms with Crippen LogP contribution in [0.25, 0.3) is 10.9 Å². The molecule has 124 valence electrons. The average Bonchev–Trinajstić information content (AvgIpc) is 3.10. The second kappa shape index (κ2) is 5.10. The van der Waals surface area contributed by atoms with Crippen molar-refractivity contribution in [2.24, 2.45) is 0 Å². The summed E-state index contributed by atoms with van der Waals surface area (Å²) in [7, 11) is 0. The summed E-state index contributed by atoms with van der Waals surface area (Å²) in [5.74, 6) is -0.178. The van der Waals surface area contributed by atoms with E-state index >= 15 is 0 Å². The summed E-state index contributed by atoms with van der Waals surface area (Å²) in [5, 5.41) is 1.70. The standard InChI is InChI=1S/C19H14ClN3O2/c20-11-5-7-12(8-6-11)23-18(24)17-9-14-13-3-1-2-4-15(13)21-16(14)10-22(17)19(23)25/h1-8,17,21H,9-10H2/t17-/m0/s1. The Bertz CT molecular complexity index is 1020. The molecule has 0 saturated carbocycles. The fourth-order valence-corrected chi connectivity index (χ4v) is 3.96. The number of nitrogens with one attached hydrogen (secondary N) is 1. The first-order valence-corrected chi connectivity index (χ1v) is 8.50. The van der Waals surface area contributed by atoms with E-state index in [0.29, 0.717) is 23.7 Å². The minimum absolute atomic E-state index is 0.178. The Morgan fingerprint density at radius 3 is 2.60 bits per heavy atom. The van der Waals surface area contributed by atoms with E-state index in [1.165, 1.54) is 4.90 Å². The number of carbonyl (C=O) groups is 2. The number of benzene rings is 2. The molecule has 2 aromatic carbocycles. The SMILES string of the molecule is O=C1[C@@H]2Cc3c([nH]c4ccccc34)CN2C(=O)N1c1ccc(Cl)cc1. The topological polar surface area (TPSA) is 56.4 Å². The Morgan fingerprint density at radius 2 is 1.80 bits per heavy atom. The van der Waals surface area contributed by atoms with Crippen LogP contribution in [-0.4, -0.2) is 27.9 Å². The molecule has 5 rings (SSSR count). The van der Waals surface area contributed by atoms with Gasteiger partial charge in [-0.2, -0.15) is 0 Å². The van der Waals surface area contributed by atoms with Crippen LogP contribution in [-0.2, 0) is 17.8 Å². The van der Waals surface area contributed by atoms with Crippen molar-refractivity contribution in [3.8, 4) is 0 Å². The molecule has 1 aromatic heterocycles. The maximum atomic E-state index is 12.9. The number of hydrogen-bond acceptors (Lipinski definition) is 2. The summed E-state index contributed by atoms with van der Waals surface area (Å²) in [5.41, 5.74) is 3.75. The summed E-state index contributed by atoms with van der Waals surface area (Å²) in [4.78, 5) is 32.1. The van der Waals surface area contributed by atoms with Crippen LogP contribution in [0, 0.1) is 0 Å². The monoisotopic (exact) mass is 351 g/mol. The molecule has 0 unspecified atom stereocenters. The van der Waals surface area contributed by atoms with Crippen LogP contribution in [0.2, 0.25) is 5.02 Å². The van der Waals surface area contributed by atoms with E-state index in [9.17, 15) is 9.59 Å². The van der Waals surface area contributed by atoms with Gasteiger partial charge >= 0.3 is 6.03 Å². The minimum Gasteiger partial charge on any atom is -0.357 e. The first-order chi connectivity index (χ1) is 12.1. The molecule has 1 N–H and O–H groups in total. The van der Waals surface area contributed by atoms with Crippen LogP contribution in [0.3, 0.4) is 0 Å². The van der Waals surface area contributed by atoms with E-state index in [2.05, 4.69) is 11.1 Å². The number of imide groups is 1. The predicted octanol–water partition coefficient (Wildman–Crippen LogP) is 3.71. The highest BCUT2D eigenvalue weighted by Gasteiger charge is 2.48. The Balaban J connectivity index is 1.55. The molecule has 3 aromatic rings. The third-order valence-corrected chi connectivity index (χ3v) is 5.28. The highest BCUT2D eigenvalue weighted by molar-refractivity contribution is 6.30. The Morgan fingerprint density at radius 1 is 1.04 bits per heavy atom. The lowest BCUT2D eigenvalue weighted by Crippen LogP contribution is -2.39. The number of carbonyl (C=O) groups excluding carboxylic acids is 2. The Kier molecular flexibility index (Phi) is 2.97. The number of amides is 3. The fraction of sp³-hybridized carbons (Fsp3) is 0.158. The number of fused-ring (bicyclic) bond motifs is 4. The van der Waals surface area contributed by atoms with Crippen LogP contribution in [0.1, 0.15) is 11.3 Å². The number of urea groups is 1. The van der Waals surface area contributed by atoms with Gasteiger partial charge in [0.1, 0.15) is 6.04 Å². The van der Waals surface area contributed by atoms with Gasteiger partial charge in [0.05, 0.1) is 12.2 Å². The van der Waals surface area contributed by atoms with Gasteiger partial charge in [-0.25, -0.2) is 9.69 Å². The molecular formula is C19H14ClN3O2. The fourth-order valence-electron chi connectivity index (χ4n) is 3.83. The number of para-hydroxylation sites is 1. The summed E-state index contributed by atoms with van der Waals surface area (Å²) >= 11 is 5.91. The largest absolute Gasteiger partial charge is 0.357 e. The van der Waals surface area contributed by atoms with Crippen LogP contribution in [0.15, 0.2) is 48.5 Å². The number of aromatic amines is 1. The van der Waals surface area contributed by atoms with E-state index < -0.39 is 6.04 Å². The van der Waals surface area contributed by atoms with Gasteiger partial charge in [0, 0.05) is 28.0 Å². The average molecular weight is 352 g/mol. The van der Waals surface area contributed by atoms with Crippen molar-refractivity contribution in [2.45, 2.75) is 19.0 Å². The highest BCUT2D eigenvalue weighted by Crippen LogP contribution is 2.36. The smallest absolute Gasteiger partial charge is 0.332 e. The molecule has 0 spiro atoms. The van der Waals surface area contributed by atoms with Crippen LogP contribution in [0.4, 0.5) is 10.5 Å². The maximum Gasteiger partial charge on any atom is 0.332 e. The first-order valence-electron chi connectivity index (χ1n) is 8.12. The molecule has 0 aliphatic carbocycles. The van der Waals surface area contributed by atoms with Gasteiger partial charge in [0.25, 0.3) is 5.91 Å². The summed E-state index contributed by atoms with van der Waals surface area (Å²) < 4.78 is 0. The van der Waals surface area contributed by atoms with Crippen molar-refractivity contribution in [1.29, 1.82) is 0 Å². The number of anilines is 1. The zero-order valence-electron chi connectivity index (χ0n) is 13.2. The second-order valence-electron chi connectivity index (χ2n) is 6.41. The van der Waals surface area contributed by atoms with E-state index in [0.717, 1.165) is 22.2 Å². The summed E-state index contributed by atoms with van der Waals surface area (Å²) in [6.07, 6.45) is 0.536. The lowest BCUT2D eigenvalue weighted by atomic mass is 9.97. The molecule has 5 nitrogen and oxygen atoms in total. The van der Waals surface area contributed by atoms with Crippen molar-refractivity contribution in [1.82, 2.24) is 9.88 Å². The molecule has 1 saturated heterocycles. The van der Waals surface area contributed by atoms with Gasteiger partial charge in [0.2, 0.25) is 0 Å². The van der Waals surface area contributed by atoms with Gasteiger partial charge in [-0.1, -0.05) is 29.8 Å². The van der Waals surface area contributed by atoms with Gasteiger partial charge in [-0.3, -0.25) is 4.79 Å². The molecule has 3 heterocycles. The van der Waals surface area contributed by atoms with Gasteiger partial charge < -0.3 is 9.88 Å². The Hall–Kier alpha value is -2.79. The number of rotatable bonds is 1. The lowest BCUT2D eigenvalue weighted by molar-refractivity contribution is -0.119. The molecule has 1 atom stereocenters. The highest BCUT2D eigenvalue weighted by atomic mass is 35.5. The van der Waals surface area contributed by atoms with E-state index in [-0.39, 0.29) is 11.9 Å². The third kappa shape index (κ3) is 2.02. The normalized spacial score (nSPS) is 19.5. The summed E-state index contributed by atoms with van der Waals surface area (Å²) in [6.45, 7) is 0.420. The molecule has 3 amide bonds. The van der Waals surface area contributed by atoms with Gasteiger partial charge in [-0.05, 0) is 35.9 Å². The van der Waals surface area contributed by atoms with Crippen molar-refractivity contribution in [2.75, 3.05) is 4.90 Å². The molecule has 1 fully saturated rings. The van der Waals surface area contributed by atoms with E-state index in [4.69, 9.17) is 11.6 Å². The zero-order chi connectivity index (χ0) is 17.1. The third-order valence-electron chi connectivity index (χ3n) is 5.03. The number of halogens is 1. The van der Waals surface area contributed by atoms with Gasteiger partial charge in [0.15, 0.2) is 0 Å². The van der Waals surface area contributed by atoms with Gasteiger partial charge in [-0.15, -0.1) is 0 Å². The van der Waals surface area contributed by atoms with Crippen LogP contribution >= 0.6 is 11.6 Å². The molecule has 2 aliphatic rings. The van der Waals surface area contributed by atoms with Crippen molar-refractivity contribution < 1.29 is 9.59 Å². The van der Waals surface area contributed by atoms with Crippen LogP contribution in [0.5, 0.6) is 0 Å². The molecular weight excluding hydrogens is 338 g/mol. The van der Waals surface area contributed by atoms with Crippen molar-refractivity contribution in [3.63, 3.8) is 0 Å². The number of H-pyrrole nitrogens is 1. The maximum absolute atomic E-state index is 12.9. The van der Waals surface area contributed by atoms with E-state index in [1.807, 2.05) is 18.2 Å². The molecule has 25 heavy (non-hydrogen) atoms. The van der Waals surface area contributed by atoms with Crippen LogP contribution < -0.4 is 4.90 Å². The number of nitrogens with zero attached hydrogens (tertiary/aromatic N) is 2. The summed E-state index contributed by atoms with van der Waals surface area (Å²) in [6, 6.07) is 14.1. The Labute approximate surface area is 148 Å². The molecule has 2 aliphatic heterocycles. The molecule has 6 heteroatoms.